The lowest BCUT2D eigenvalue weighted by Crippen LogP contribution is -2.36. The number of aliphatic imine (C=N–C) groups is 1. The summed E-state index contributed by atoms with van der Waals surface area (Å²) < 4.78 is 0. The Kier molecular flexibility index (Phi) is 4.79. The number of nitrogens with zero attached hydrogens (tertiary/aromatic N) is 1. The van der Waals surface area contributed by atoms with Gasteiger partial charge in [0.2, 0.25) is 5.96 Å². The second-order valence-corrected chi connectivity index (χ2v) is 3.83. The van der Waals surface area contributed by atoms with Crippen LogP contribution in [0.25, 0.3) is 0 Å². The molecule has 16 heavy (non-hydrogen) atoms. The molecule has 0 atom stereocenters. The average Bonchev–Trinajstić information content (AvgIpc) is 2.29. The van der Waals surface area contributed by atoms with Crippen molar-refractivity contribution in [3.8, 4) is 0 Å². The summed E-state index contributed by atoms with van der Waals surface area (Å²) in [6.07, 6.45) is 0. The van der Waals surface area contributed by atoms with E-state index in [-0.39, 0.29) is 0 Å². The highest BCUT2D eigenvalue weighted by atomic mass is 15.3. The first kappa shape index (κ1) is 12.5. The van der Waals surface area contributed by atoms with Crippen LogP contribution in [0.2, 0.25) is 0 Å². The number of hydrazine groups is 1. The Labute approximate surface area is 96.9 Å². The minimum absolute atomic E-state index is 0.462. The molecule has 0 heterocycles. The van der Waals surface area contributed by atoms with Crippen molar-refractivity contribution in [3.05, 3.63) is 29.8 Å². The highest BCUT2D eigenvalue weighted by Gasteiger charge is 2.06. The van der Waals surface area contributed by atoms with Gasteiger partial charge in [-0.25, -0.2) is 5.84 Å². The zero-order valence-electron chi connectivity index (χ0n) is 10.1. The minimum Gasteiger partial charge on any atom is -0.325 e. The van der Waals surface area contributed by atoms with Crippen LogP contribution < -0.4 is 16.6 Å². The number of guanidine groups is 1. The van der Waals surface area contributed by atoms with E-state index in [1.807, 2.05) is 25.1 Å². The van der Waals surface area contributed by atoms with E-state index in [9.17, 15) is 0 Å². The van der Waals surface area contributed by atoms with Gasteiger partial charge in [0.15, 0.2) is 0 Å². The van der Waals surface area contributed by atoms with Crippen LogP contribution in [0.5, 0.6) is 0 Å². The van der Waals surface area contributed by atoms with Crippen LogP contribution in [0, 0.1) is 0 Å². The molecular weight excluding hydrogens is 200 g/mol. The third-order valence-electron chi connectivity index (χ3n) is 2.29. The second-order valence-electron chi connectivity index (χ2n) is 3.83. The zero-order valence-corrected chi connectivity index (χ0v) is 10.1. The molecule has 0 unspecified atom stereocenters. The number of nitrogens with two attached hydrogens (primary N) is 1. The maximum atomic E-state index is 5.39. The predicted octanol–water partition coefficient (Wildman–Crippen LogP) is 2.06. The third kappa shape index (κ3) is 3.24. The highest BCUT2D eigenvalue weighted by molar-refractivity contribution is 5.93. The van der Waals surface area contributed by atoms with Gasteiger partial charge in [0, 0.05) is 12.2 Å². The number of benzene rings is 1. The molecule has 0 spiro atoms. The van der Waals surface area contributed by atoms with Crippen molar-refractivity contribution < 1.29 is 0 Å². The van der Waals surface area contributed by atoms with E-state index < -0.39 is 0 Å². The van der Waals surface area contributed by atoms with E-state index >= 15 is 0 Å². The third-order valence-corrected chi connectivity index (χ3v) is 2.29. The van der Waals surface area contributed by atoms with Gasteiger partial charge < -0.3 is 5.32 Å². The van der Waals surface area contributed by atoms with Crippen molar-refractivity contribution in [1.82, 2.24) is 5.43 Å². The Morgan fingerprint density at radius 3 is 2.62 bits per heavy atom. The van der Waals surface area contributed by atoms with Crippen molar-refractivity contribution in [2.24, 2.45) is 10.8 Å². The average molecular weight is 220 g/mol. The van der Waals surface area contributed by atoms with Gasteiger partial charge in [-0.2, -0.15) is 0 Å². The molecule has 1 aromatic carbocycles. The van der Waals surface area contributed by atoms with Crippen LogP contribution in [0.1, 0.15) is 32.3 Å². The fourth-order valence-corrected chi connectivity index (χ4v) is 1.52. The van der Waals surface area contributed by atoms with Crippen molar-refractivity contribution >= 4 is 11.6 Å². The normalized spacial score (nSPS) is 11.7. The van der Waals surface area contributed by atoms with Gasteiger partial charge in [0.1, 0.15) is 0 Å². The molecule has 0 aromatic heterocycles. The quantitative estimate of drug-likeness (QED) is 0.316. The Bertz CT molecular complexity index is 358. The molecule has 4 N–H and O–H groups in total. The molecule has 0 bridgehead atoms. The monoisotopic (exact) mass is 220 g/mol. The van der Waals surface area contributed by atoms with E-state index in [1.165, 1.54) is 5.56 Å². The number of hydrogen-bond acceptors (Lipinski definition) is 2. The fraction of sp³-hybridized carbons (Fsp3) is 0.417. The summed E-state index contributed by atoms with van der Waals surface area (Å²) in [5.74, 6) is 6.45. The smallest absolute Gasteiger partial charge is 0.210 e. The van der Waals surface area contributed by atoms with Crippen molar-refractivity contribution in [3.63, 3.8) is 0 Å². The van der Waals surface area contributed by atoms with Gasteiger partial charge in [-0.05, 0) is 24.5 Å². The summed E-state index contributed by atoms with van der Waals surface area (Å²) in [7, 11) is 0. The molecule has 0 aliphatic rings. The lowest BCUT2D eigenvalue weighted by atomic mass is 10.0. The summed E-state index contributed by atoms with van der Waals surface area (Å²) in [5.41, 5.74) is 4.85. The van der Waals surface area contributed by atoms with Crippen LogP contribution in [0.15, 0.2) is 29.3 Å². The van der Waals surface area contributed by atoms with Crippen LogP contribution >= 0.6 is 0 Å². The van der Waals surface area contributed by atoms with E-state index in [0.717, 1.165) is 5.69 Å². The van der Waals surface area contributed by atoms with Crippen LogP contribution in [-0.2, 0) is 0 Å². The van der Waals surface area contributed by atoms with Gasteiger partial charge in [-0.15, -0.1) is 0 Å². The van der Waals surface area contributed by atoms with Gasteiger partial charge >= 0.3 is 0 Å². The second kappa shape index (κ2) is 6.12. The maximum absolute atomic E-state index is 5.39. The molecule has 0 amide bonds. The number of rotatable bonds is 3. The van der Waals surface area contributed by atoms with Gasteiger partial charge in [0.05, 0.1) is 0 Å². The van der Waals surface area contributed by atoms with Crippen molar-refractivity contribution in [2.75, 3.05) is 11.9 Å². The summed E-state index contributed by atoms with van der Waals surface area (Å²) in [4.78, 5) is 4.21. The molecule has 4 nitrogen and oxygen atoms in total. The topological polar surface area (TPSA) is 62.4 Å². The Morgan fingerprint density at radius 2 is 2.06 bits per heavy atom. The maximum Gasteiger partial charge on any atom is 0.210 e. The molecule has 1 rings (SSSR count). The molecular formula is C12H20N4. The molecule has 0 saturated carbocycles. The summed E-state index contributed by atoms with van der Waals surface area (Å²) in [6, 6.07) is 8.16. The Balaban J connectivity index is 2.91. The molecule has 0 saturated heterocycles. The van der Waals surface area contributed by atoms with E-state index in [0.29, 0.717) is 18.4 Å². The molecule has 4 heteroatoms. The lowest BCUT2D eigenvalue weighted by molar-refractivity contribution is 0.868. The van der Waals surface area contributed by atoms with E-state index in [1.54, 1.807) is 0 Å². The molecule has 1 aromatic rings. The molecule has 0 fully saturated rings. The van der Waals surface area contributed by atoms with Crippen LogP contribution in [0.4, 0.5) is 5.69 Å². The van der Waals surface area contributed by atoms with Crippen molar-refractivity contribution in [1.29, 1.82) is 0 Å². The van der Waals surface area contributed by atoms with Crippen LogP contribution in [0.3, 0.4) is 0 Å². The first-order valence-corrected chi connectivity index (χ1v) is 5.56. The first-order valence-electron chi connectivity index (χ1n) is 5.56. The highest BCUT2D eigenvalue weighted by Crippen LogP contribution is 2.23. The molecule has 0 aliphatic heterocycles. The fourth-order valence-electron chi connectivity index (χ4n) is 1.52. The SMILES string of the molecule is CCN=C(NN)Nc1ccccc1C(C)C. The zero-order chi connectivity index (χ0) is 12.0. The van der Waals surface area contributed by atoms with Gasteiger partial charge in [0.25, 0.3) is 0 Å². The number of para-hydroxylation sites is 1. The Hall–Kier alpha value is -1.55. The number of anilines is 1. The summed E-state index contributed by atoms with van der Waals surface area (Å²) in [6.45, 7) is 6.98. The summed E-state index contributed by atoms with van der Waals surface area (Å²) >= 11 is 0. The van der Waals surface area contributed by atoms with Crippen LogP contribution in [-0.4, -0.2) is 12.5 Å². The standard InChI is InChI=1S/C12H20N4/c1-4-14-12(16-13)15-11-8-6-5-7-10(11)9(2)3/h5-9H,4,13H2,1-3H3,(H2,14,15,16). The van der Waals surface area contributed by atoms with Crippen molar-refractivity contribution in [2.45, 2.75) is 26.7 Å². The Morgan fingerprint density at radius 1 is 1.38 bits per heavy atom. The minimum atomic E-state index is 0.462. The number of hydrogen-bond donors (Lipinski definition) is 3. The van der Waals surface area contributed by atoms with E-state index in [2.05, 4.69) is 35.6 Å². The largest absolute Gasteiger partial charge is 0.325 e. The molecule has 0 aliphatic carbocycles. The van der Waals surface area contributed by atoms with Gasteiger partial charge in [-0.3, -0.25) is 10.4 Å². The summed E-state index contributed by atoms with van der Waals surface area (Å²) in [5, 5.41) is 3.19. The van der Waals surface area contributed by atoms with Gasteiger partial charge in [-0.1, -0.05) is 32.0 Å². The lowest BCUT2D eigenvalue weighted by Gasteiger charge is -2.15. The molecule has 0 radical (unpaired) electrons. The van der Waals surface area contributed by atoms with E-state index in [4.69, 9.17) is 5.84 Å². The first-order chi connectivity index (χ1) is 7.69. The molecule has 88 valence electrons. The number of nitrogens with one attached hydrogen (secondary N) is 2. The predicted molar refractivity (Wildman–Crippen MR) is 69.5 cm³/mol.